The number of aryl methyl sites for hydroxylation is 1. The van der Waals surface area contributed by atoms with Gasteiger partial charge in [0.1, 0.15) is 5.75 Å². The monoisotopic (exact) mass is 297 g/mol. The summed E-state index contributed by atoms with van der Waals surface area (Å²) >= 11 is 0. The Bertz CT molecular complexity index is 602. The SMILES string of the molecule is CCOc1ccc(C(C)NC(=O)c2ccc(CC)cc2)cc1. The van der Waals surface area contributed by atoms with Gasteiger partial charge in [-0.05, 0) is 55.7 Å². The highest BCUT2D eigenvalue weighted by Gasteiger charge is 2.11. The molecule has 1 atom stereocenters. The summed E-state index contributed by atoms with van der Waals surface area (Å²) in [6.07, 6.45) is 0.977. The van der Waals surface area contributed by atoms with E-state index in [-0.39, 0.29) is 11.9 Å². The van der Waals surface area contributed by atoms with Crippen LogP contribution in [0.3, 0.4) is 0 Å². The van der Waals surface area contributed by atoms with Crippen molar-refractivity contribution >= 4 is 5.91 Å². The van der Waals surface area contributed by atoms with Gasteiger partial charge in [-0.3, -0.25) is 4.79 Å². The summed E-state index contributed by atoms with van der Waals surface area (Å²) in [5, 5.41) is 3.02. The normalized spacial score (nSPS) is 11.8. The summed E-state index contributed by atoms with van der Waals surface area (Å²) in [6.45, 7) is 6.69. The summed E-state index contributed by atoms with van der Waals surface area (Å²) in [5.41, 5.74) is 2.98. The van der Waals surface area contributed by atoms with Crippen molar-refractivity contribution < 1.29 is 9.53 Å². The van der Waals surface area contributed by atoms with Gasteiger partial charge in [-0.1, -0.05) is 31.2 Å². The van der Waals surface area contributed by atoms with E-state index in [1.54, 1.807) is 0 Å². The van der Waals surface area contributed by atoms with Gasteiger partial charge in [-0.2, -0.15) is 0 Å². The number of rotatable bonds is 6. The highest BCUT2D eigenvalue weighted by Crippen LogP contribution is 2.18. The molecule has 0 spiro atoms. The predicted molar refractivity (Wildman–Crippen MR) is 89.3 cm³/mol. The molecule has 22 heavy (non-hydrogen) atoms. The molecular formula is C19H23NO2. The first-order valence-corrected chi connectivity index (χ1v) is 7.76. The summed E-state index contributed by atoms with van der Waals surface area (Å²) in [4.78, 5) is 12.3. The zero-order chi connectivity index (χ0) is 15.9. The van der Waals surface area contributed by atoms with Crippen molar-refractivity contribution in [1.29, 1.82) is 0 Å². The Balaban J connectivity index is 2.00. The Labute approximate surface area is 132 Å². The summed E-state index contributed by atoms with van der Waals surface area (Å²) < 4.78 is 5.43. The number of nitrogens with one attached hydrogen (secondary N) is 1. The molecule has 0 bridgehead atoms. The van der Waals surface area contributed by atoms with E-state index in [9.17, 15) is 4.79 Å². The Morgan fingerprint density at radius 1 is 1.05 bits per heavy atom. The van der Waals surface area contributed by atoms with Gasteiger partial charge in [0.15, 0.2) is 0 Å². The van der Waals surface area contributed by atoms with Gasteiger partial charge in [0.25, 0.3) is 5.91 Å². The van der Waals surface area contributed by atoms with Crippen molar-refractivity contribution in [3.05, 3.63) is 65.2 Å². The third-order valence-corrected chi connectivity index (χ3v) is 3.66. The highest BCUT2D eigenvalue weighted by atomic mass is 16.5. The van der Waals surface area contributed by atoms with Crippen molar-refractivity contribution in [3.8, 4) is 5.75 Å². The zero-order valence-corrected chi connectivity index (χ0v) is 13.4. The van der Waals surface area contributed by atoms with Crippen LogP contribution in [0.25, 0.3) is 0 Å². The standard InChI is InChI=1S/C19H23NO2/c1-4-15-6-8-17(9-7-15)19(21)20-14(3)16-10-12-18(13-11-16)22-5-2/h6-14H,4-5H2,1-3H3,(H,20,21). The molecule has 3 heteroatoms. The van der Waals surface area contributed by atoms with Crippen LogP contribution in [0, 0.1) is 0 Å². The van der Waals surface area contributed by atoms with E-state index < -0.39 is 0 Å². The van der Waals surface area contributed by atoms with Gasteiger partial charge in [-0.15, -0.1) is 0 Å². The minimum absolute atomic E-state index is 0.0472. The van der Waals surface area contributed by atoms with E-state index in [1.165, 1.54) is 5.56 Å². The third-order valence-electron chi connectivity index (χ3n) is 3.66. The largest absolute Gasteiger partial charge is 0.494 e. The lowest BCUT2D eigenvalue weighted by Crippen LogP contribution is -2.26. The lowest BCUT2D eigenvalue weighted by Gasteiger charge is -2.15. The lowest BCUT2D eigenvalue weighted by molar-refractivity contribution is 0.0940. The first-order chi connectivity index (χ1) is 10.6. The second kappa shape index (κ2) is 7.64. The number of amides is 1. The minimum Gasteiger partial charge on any atom is -0.494 e. The van der Waals surface area contributed by atoms with Crippen molar-refractivity contribution in [2.45, 2.75) is 33.2 Å². The van der Waals surface area contributed by atoms with E-state index in [0.717, 1.165) is 17.7 Å². The maximum absolute atomic E-state index is 12.3. The van der Waals surface area contributed by atoms with Gasteiger partial charge >= 0.3 is 0 Å². The molecule has 2 aromatic rings. The average Bonchev–Trinajstić information content (AvgIpc) is 2.55. The van der Waals surface area contributed by atoms with Crippen LogP contribution in [0.4, 0.5) is 0 Å². The summed E-state index contributed by atoms with van der Waals surface area (Å²) in [5.74, 6) is 0.795. The molecule has 2 rings (SSSR count). The number of carbonyl (C=O) groups excluding carboxylic acids is 1. The zero-order valence-electron chi connectivity index (χ0n) is 13.4. The van der Waals surface area contributed by atoms with Gasteiger partial charge < -0.3 is 10.1 Å². The highest BCUT2D eigenvalue weighted by molar-refractivity contribution is 5.94. The summed E-state index contributed by atoms with van der Waals surface area (Å²) in [6, 6.07) is 15.5. The van der Waals surface area contributed by atoms with Crippen LogP contribution >= 0.6 is 0 Å². The fourth-order valence-corrected chi connectivity index (χ4v) is 2.27. The van der Waals surface area contributed by atoms with E-state index >= 15 is 0 Å². The number of benzene rings is 2. The van der Waals surface area contributed by atoms with Gasteiger partial charge in [0.05, 0.1) is 12.6 Å². The van der Waals surface area contributed by atoms with E-state index in [2.05, 4.69) is 12.2 Å². The van der Waals surface area contributed by atoms with Crippen LogP contribution in [-0.4, -0.2) is 12.5 Å². The van der Waals surface area contributed by atoms with Crippen molar-refractivity contribution in [2.75, 3.05) is 6.61 Å². The number of carbonyl (C=O) groups is 1. The molecule has 0 aromatic heterocycles. The molecule has 116 valence electrons. The topological polar surface area (TPSA) is 38.3 Å². The Kier molecular flexibility index (Phi) is 5.59. The smallest absolute Gasteiger partial charge is 0.251 e. The summed E-state index contributed by atoms with van der Waals surface area (Å²) in [7, 11) is 0. The molecule has 0 aliphatic carbocycles. The molecule has 0 saturated heterocycles. The number of hydrogen-bond donors (Lipinski definition) is 1. The fraction of sp³-hybridized carbons (Fsp3) is 0.316. The van der Waals surface area contributed by atoms with Crippen molar-refractivity contribution in [1.82, 2.24) is 5.32 Å². The average molecular weight is 297 g/mol. The first kappa shape index (κ1) is 16.1. The second-order valence-corrected chi connectivity index (χ2v) is 5.25. The van der Waals surface area contributed by atoms with E-state index in [0.29, 0.717) is 12.2 Å². The molecule has 1 amide bonds. The van der Waals surface area contributed by atoms with E-state index in [1.807, 2.05) is 62.4 Å². The number of hydrogen-bond acceptors (Lipinski definition) is 2. The Morgan fingerprint density at radius 2 is 1.68 bits per heavy atom. The lowest BCUT2D eigenvalue weighted by atomic mass is 10.1. The maximum atomic E-state index is 12.3. The molecule has 3 nitrogen and oxygen atoms in total. The van der Waals surface area contributed by atoms with Crippen LogP contribution in [0.1, 0.15) is 48.3 Å². The molecule has 0 aliphatic heterocycles. The van der Waals surface area contributed by atoms with E-state index in [4.69, 9.17) is 4.74 Å². The molecule has 0 heterocycles. The van der Waals surface area contributed by atoms with Crippen LogP contribution < -0.4 is 10.1 Å². The quantitative estimate of drug-likeness (QED) is 0.870. The molecule has 0 radical (unpaired) electrons. The van der Waals surface area contributed by atoms with Crippen LogP contribution in [-0.2, 0) is 6.42 Å². The third kappa shape index (κ3) is 4.10. The molecule has 0 saturated carbocycles. The molecule has 1 unspecified atom stereocenters. The van der Waals surface area contributed by atoms with Gasteiger partial charge in [0, 0.05) is 5.56 Å². The first-order valence-electron chi connectivity index (χ1n) is 7.76. The second-order valence-electron chi connectivity index (χ2n) is 5.25. The van der Waals surface area contributed by atoms with Gasteiger partial charge in [-0.25, -0.2) is 0 Å². The minimum atomic E-state index is -0.0518. The van der Waals surface area contributed by atoms with Crippen LogP contribution in [0.15, 0.2) is 48.5 Å². The maximum Gasteiger partial charge on any atom is 0.251 e. The molecule has 0 fully saturated rings. The Morgan fingerprint density at radius 3 is 2.23 bits per heavy atom. The Hall–Kier alpha value is -2.29. The molecule has 0 aliphatic rings. The van der Waals surface area contributed by atoms with Crippen molar-refractivity contribution in [2.24, 2.45) is 0 Å². The van der Waals surface area contributed by atoms with Crippen molar-refractivity contribution in [3.63, 3.8) is 0 Å². The van der Waals surface area contributed by atoms with Crippen LogP contribution in [0.2, 0.25) is 0 Å². The van der Waals surface area contributed by atoms with Gasteiger partial charge in [0.2, 0.25) is 0 Å². The molecular weight excluding hydrogens is 274 g/mol. The number of ether oxygens (including phenoxy) is 1. The van der Waals surface area contributed by atoms with Crippen LogP contribution in [0.5, 0.6) is 5.75 Å². The molecule has 1 N–H and O–H groups in total. The molecule has 2 aromatic carbocycles. The fourth-order valence-electron chi connectivity index (χ4n) is 2.27. The predicted octanol–water partition coefficient (Wildman–Crippen LogP) is 4.14.